The quantitative estimate of drug-likeness (QED) is 0.877. The smallest absolute Gasteiger partial charge is 0.344 e. The number of carbonyl (C=O) groups is 1. The summed E-state index contributed by atoms with van der Waals surface area (Å²) in [5.74, 6) is 0.358. The van der Waals surface area contributed by atoms with Crippen LogP contribution in [0, 0.1) is 0 Å². The first kappa shape index (κ1) is 13.9. The standard InChI is InChI=1S/C16H16O4/c1-12(16(17)18)20-15-9-7-13(8-10-15)11-19-14-5-3-2-4-6-14/h2-10,12H,11H2,1H3,(H,17,18). The summed E-state index contributed by atoms with van der Waals surface area (Å²) in [6.45, 7) is 1.95. The highest BCUT2D eigenvalue weighted by molar-refractivity contribution is 5.72. The molecule has 0 aliphatic rings. The fourth-order valence-corrected chi connectivity index (χ4v) is 1.60. The van der Waals surface area contributed by atoms with Crippen molar-refractivity contribution in [3.63, 3.8) is 0 Å². The Balaban J connectivity index is 1.90. The summed E-state index contributed by atoms with van der Waals surface area (Å²) in [4.78, 5) is 10.7. The van der Waals surface area contributed by atoms with Crippen molar-refractivity contribution in [3.05, 3.63) is 60.2 Å². The van der Waals surface area contributed by atoms with Crippen LogP contribution in [0.2, 0.25) is 0 Å². The van der Waals surface area contributed by atoms with Crippen LogP contribution in [0.4, 0.5) is 0 Å². The molecule has 0 radical (unpaired) electrons. The van der Waals surface area contributed by atoms with E-state index in [1.165, 1.54) is 6.92 Å². The average molecular weight is 272 g/mol. The molecule has 0 fully saturated rings. The minimum absolute atomic E-state index is 0.457. The molecule has 1 atom stereocenters. The summed E-state index contributed by atoms with van der Waals surface area (Å²) in [7, 11) is 0. The molecule has 104 valence electrons. The largest absolute Gasteiger partial charge is 0.489 e. The molecule has 0 spiro atoms. The normalized spacial score (nSPS) is 11.7. The number of carboxylic acids is 1. The molecule has 1 unspecified atom stereocenters. The van der Waals surface area contributed by atoms with Gasteiger partial charge in [0.25, 0.3) is 0 Å². The Morgan fingerprint density at radius 3 is 2.30 bits per heavy atom. The number of rotatable bonds is 6. The van der Waals surface area contributed by atoms with Gasteiger partial charge in [0.15, 0.2) is 6.10 Å². The van der Waals surface area contributed by atoms with E-state index in [0.29, 0.717) is 12.4 Å². The lowest BCUT2D eigenvalue weighted by Gasteiger charge is -2.11. The molecule has 0 amide bonds. The van der Waals surface area contributed by atoms with Crippen LogP contribution in [-0.4, -0.2) is 17.2 Å². The van der Waals surface area contributed by atoms with E-state index in [1.807, 2.05) is 42.5 Å². The second-order valence-corrected chi connectivity index (χ2v) is 4.34. The maximum atomic E-state index is 10.7. The Hall–Kier alpha value is -2.49. The lowest BCUT2D eigenvalue weighted by Crippen LogP contribution is -2.22. The molecule has 0 bridgehead atoms. The van der Waals surface area contributed by atoms with Crippen molar-refractivity contribution in [1.82, 2.24) is 0 Å². The molecule has 20 heavy (non-hydrogen) atoms. The monoisotopic (exact) mass is 272 g/mol. The van der Waals surface area contributed by atoms with E-state index in [2.05, 4.69) is 0 Å². The fourth-order valence-electron chi connectivity index (χ4n) is 1.60. The van der Waals surface area contributed by atoms with E-state index < -0.39 is 12.1 Å². The van der Waals surface area contributed by atoms with Gasteiger partial charge < -0.3 is 14.6 Å². The highest BCUT2D eigenvalue weighted by Gasteiger charge is 2.11. The van der Waals surface area contributed by atoms with Gasteiger partial charge in [-0.1, -0.05) is 30.3 Å². The Labute approximate surface area is 117 Å². The molecule has 2 aromatic rings. The molecule has 2 rings (SSSR count). The van der Waals surface area contributed by atoms with Crippen LogP contribution in [0.3, 0.4) is 0 Å². The van der Waals surface area contributed by atoms with Crippen molar-refractivity contribution in [2.45, 2.75) is 19.6 Å². The topological polar surface area (TPSA) is 55.8 Å². The van der Waals surface area contributed by atoms with Crippen LogP contribution in [0.5, 0.6) is 11.5 Å². The third-order valence-corrected chi connectivity index (χ3v) is 2.73. The van der Waals surface area contributed by atoms with Gasteiger partial charge in [-0.15, -0.1) is 0 Å². The van der Waals surface area contributed by atoms with Crippen molar-refractivity contribution in [3.8, 4) is 11.5 Å². The van der Waals surface area contributed by atoms with Crippen LogP contribution in [0.25, 0.3) is 0 Å². The van der Waals surface area contributed by atoms with Crippen molar-refractivity contribution in [2.75, 3.05) is 0 Å². The van der Waals surface area contributed by atoms with E-state index in [-0.39, 0.29) is 0 Å². The maximum Gasteiger partial charge on any atom is 0.344 e. The van der Waals surface area contributed by atoms with Crippen LogP contribution >= 0.6 is 0 Å². The second-order valence-electron chi connectivity index (χ2n) is 4.34. The van der Waals surface area contributed by atoms with Gasteiger partial charge in [-0.05, 0) is 36.8 Å². The Kier molecular flexibility index (Phi) is 4.60. The first-order valence-corrected chi connectivity index (χ1v) is 6.31. The minimum Gasteiger partial charge on any atom is -0.489 e. The third-order valence-electron chi connectivity index (χ3n) is 2.73. The van der Waals surface area contributed by atoms with Gasteiger partial charge in [-0.3, -0.25) is 0 Å². The van der Waals surface area contributed by atoms with E-state index in [1.54, 1.807) is 12.1 Å². The number of ether oxygens (including phenoxy) is 2. The van der Waals surface area contributed by atoms with Crippen LogP contribution < -0.4 is 9.47 Å². The minimum atomic E-state index is -0.985. The summed E-state index contributed by atoms with van der Waals surface area (Å²) in [5, 5.41) is 8.76. The van der Waals surface area contributed by atoms with Gasteiger partial charge >= 0.3 is 5.97 Å². The first-order valence-electron chi connectivity index (χ1n) is 6.31. The highest BCUT2D eigenvalue weighted by atomic mass is 16.5. The van der Waals surface area contributed by atoms with Gasteiger partial charge in [0.05, 0.1) is 0 Å². The number of aliphatic carboxylic acids is 1. The van der Waals surface area contributed by atoms with Gasteiger partial charge in [-0.2, -0.15) is 0 Å². The summed E-state index contributed by atoms with van der Waals surface area (Å²) < 4.78 is 10.9. The number of carboxylic acid groups (broad SMARTS) is 1. The number of para-hydroxylation sites is 1. The van der Waals surface area contributed by atoms with E-state index in [9.17, 15) is 4.79 Å². The zero-order chi connectivity index (χ0) is 14.4. The number of benzene rings is 2. The fraction of sp³-hybridized carbons (Fsp3) is 0.188. The van der Waals surface area contributed by atoms with Crippen molar-refractivity contribution >= 4 is 5.97 Å². The zero-order valence-corrected chi connectivity index (χ0v) is 11.2. The molecule has 0 aliphatic heterocycles. The lowest BCUT2D eigenvalue weighted by molar-refractivity contribution is -0.144. The molecule has 2 aromatic carbocycles. The lowest BCUT2D eigenvalue weighted by atomic mass is 10.2. The van der Waals surface area contributed by atoms with E-state index in [4.69, 9.17) is 14.6 Å². The molecule has 0 aliphatic carbocycles. The van der Waals surface area contributed by atoms with E-state index in [0.717, 1.165) is 11.3 Å². The summed E-state index contributed by atoms with van der Waals surface area (Å²) >= 11 is 0. The number of hydrogen-bond donors (Lipinski definition) is 1. The highest BCUT2D eigenvalue weighted by Crippen LogP contribution is 2.16. The Morgan fingerprint density at radius 2 is 1.70 bits per heavy atom. The van der Waals surface area contributed by atoms with Gasteiger partial charge in [-0.25, -0.2) is 4.79 Å². The molecule has 0 saturated heterocycles. The van der Waals surface area contributed by atoms with Crippen molar-refractivity contribution in [2.24, 2.45) is 0 Å². The predicted octanol–water partition coefficient (Wildman–Crippen LogP) is 3.12. The van der Waals surface area contributed by atoms with Crippen LogP contribution in [0.15, 0.2) is 54.6 Å². The Morgan fingerprint density at radius 1 is 1.05 bits per heavy atom. The SMILES string of the molecule is CC(Oc1ccc(COc2ccccc2)cc1)C(=O)O. The molecule has 1 N–H and O–H groups in total. The zero-order valence-electron chi connectivity index (χ0n) is 11.2. The van der Waals surface area contributed by atoms with Crippen LogP contribution in [0.1, 0.15) is 12.5 Å². The summed E-state index contributed by atoms with van der Waals surface area (Å²) in [6.07, 6.45) is -0.860. The van der Waals surface area contributed by atoms with Crippen molar-refractivity contribution in [1.29, 1.82) is 0 Å². The van der Waals surface area contributed by atoms with Crippen molar-refractivity contribution < 1.29 is 19.4 Å². The second kappa shape index (κ2) is 6.61. The van der Waals surface area contributed by atoms with E-state index >= 15 is 0 Å². The molecule has 4 nitrogen and oxygen atoms in total. The number of hydrogen-bond acceptors (Lipinski definition) is 3. The summed E-state index contributed by atoms with van der Waals surface area (Å²) in [6, 6.07) is 16.7. The molecular weight excluding hydrogens is 256 g/mol. The molecular formula is C16H16O4. The van der Waals surface area contributed by atoms with Crippen LogP contribution in [-0.2, 0) is 11.4 Å². The maximum absolute atomic E-state index is 10.7. The Bertz CT molecular complexity index is 548. The van der Waals surface area contributed by atoms with Gasteiger partial charge in [0.2, 0.25) is 0 Å². The molecule has 0 aromatic heterocycles. The first-order chi connectivity index (χ1) is 9.65. The van der Waals surface area contributed by atoms with Gasteiger partial charge in [0, 0.05) is 0 Å². The molecule has 0 heterocycles. The predicted molar refractivity (Wildman–Crippen MR) is 74.9 cm³/mol. The molecule has 0 saturated carbocycles. The van der Waals surface area contributed by atoms with Gasteiger partial charge in [0.1, 0.15) is 18.1 Å². The average Bonchev–Trinajstić information content (AvgIpc) is 2.47. The third kappa shape index (κ3) is 4.02. The summed E-state index contributed by atoms with van der Waals surface area (Å²) in [5.41, 5.74) is 0.990. The molecule has 4 heteroatoms.